The maximum atomic E-state index is 12.0. The molecule has 0 radical (unpaired) electrons. The number of thioether (sulfide) groups is 1. The number of nitrogens with one attached hydrogen (secondary N) is 1. The number of hydrogen-bond donors (Lipinski definition) is 1. The van der Waals surface area contributed by atoms with Crippen molar-refractivity contribution in [2.75, 3.05) is 39.5 Å². The van der Waals surface area contributed by atoms with Gasteiger partial charge in [-0.2, -0.15) is 0 Å². The lowest BCUT2D eigenvalue weighted by atomic mass is 10.1. The van der Waals surface area contributed by atoms with Crippen LogP contribution >= 0.6 is 24.0 Å². The molecule has 3 heterocycles. The fraction of sp³-hybridized carbons (Fsp3) is 0.261. The topological polar surface area (TPSA) is 68.6 Å². The van der Waals surface area contributed by atoms with E-state index in [2.05, 4.69) is 15.2 Å². The van der Waals surface area contributed by atoms with E-state index in [4.69, 9.17) is 21.7 Å². The lowest BCUT2D eigenvalue weighted by Gasteiger charge is -2.26. The van der Waals surface area contributed by atoms with Crippen molar-refractivity contribution in [1.82, 2.24) is 19.8 Å². The van der Waals surface area contributed by atoms with Crippen molar-refractivity contribution in [1.29, 1.82) is 0 Å². The molecule has 3 aromatic rings. The third kappa shape index (κ3) is 4.71. The molecule has 1 amide bonds. The van der Waals surface area contributed by atoms with Crippen molar-refractivity contribution < 1.29 is 14.3 Å². The van der Waals surface area contributed by atoms with Gasteiger partial charge in [-0.1, -0.05) is 30.0 Å². The highest BCUT2D eigenvalue weighted by Crippen LogP contribution is 2.28. The number of carbonyl (C=O) groups is 1. The molecule has 0 atom stereocenters. The van der Waals surface area contributed by atoms with E-state index in [1.165, 1.54) is 11.8 Å². The van der Waals surface area contributed by atoms with Gasteiger partial charge < -0.3 is 14.8 Å². The van der Waals surface area contributed by atoms with E-state index in [1.54, 1.807) is 0 Å². The zero-order valence-electron chi connectivity index (χ0n) is 17.3. The molecule has 2 aliphatic rings. The molecule has 1 N–H and O–H groups in total. The van der Waals surface area contributed by atoms with Crippen LogP contribution in [0, 0.1) is 0 Å². The molecule has 2 saturated heterocycles. The Balaban J connectivity index is 1.30. The lowest BCUT2D eigenvalue weighted by molar-refractivity contribution is -0.115. The molecule has 2 aliphatic heterocycles. The number of fused-ring (bicyclic) bond motifs is 1. The number of nitrogens with zero attached hydrogens (tertiary/aromatic N) is 3. The number of amides is 1. The molecule has 164 valence electrons. The molecule has 0 spiro atoms. The summed E-state index contributed by atoms with van der Waals surface area (Å²) in [7, 11) is 0. The fourth-order valence-corrected chi connectivity index (χ4v) is 4.76. The minimum Gasteiger partial charge on any atom is -0.492 e. The van der Waals surface area contributed by atoms with Crippen LogP contribution in [0.1, 0.15) is 5.56 Å². The summed E-state index contributed by atoms with van der Waals surface area (Å²) in [4.78, 5) is 19.4. The number of morpholine rings is 1. The number of thiocarbonyl (C=S) groups is 1. The predicted molar refractivity (Wildman–Crippen MR) is 130 cm³/mol. The van der Waals surface area contributed by atoms with Crippen LogP contribution in [0.3, 0.4) is 0 Å². The Bertz CT molecular complexity index is 1180. The van der Waals surface area contributed by atoms with E-state index in [1.807, 2.05) is 59.4 Å². The molecule has 2 fully saturated rings. The Kier molecular flexibility index (Phi) is 6.22. The summed E-state index contributed by atoms with van der Waals surface area (Å²) < 4.78 is 13.8. The first-order valence-electron chi connectivity index (χ1n) is 10.4. The van der Waals surface area contributed by atoms with Gasteiger partial charge in [0.1, 0.15) is 23.0 Å². The van der Waals surface area contributed by atoms with Crippen LogP contribution in [0.4, 0.5) is 0 Å². The molecule has 1 aromatic heterocycles. The molecule has 5 rings (SSSR count). The van der Waals surface area contributed by atoms with Crippen LogP contribution in [0.25, 0.3) is 22.8 Å². The highest BCUT2D eigenvalue weighted by Gasteiger charge is 2.22. The number of ether oxygens (including phenoxy) is 2. The van der Waals surface area contributed by atoms with Gasteiger partial charge in [0.05, 0.1) is 29.2 Å². The van der Waals surface area contributed by atoms with Crippen molar-refractivity contribution in [2.45, 2.75) is 0 Å². The van der Waals surface area contributed by atoms with E-state index in [0.717, 1.165) is 60.9 Å². The smallest absolute Gasteiger partial charge is 0.263 e. The van der Waals surface area contributed by atoms with Gasteiger partial charge in [0, 0.05) is 25.3 Å². The normalized spacial score (nSPS) is 18.4. The molecule has 0 unspecified atom stereocenters. The minimum atomic E-state index is -0.155. The van der Waals surface area contributed by atoms with Crippen LogP contribution in [0.15, 0.2) is 53.7 Å². The molecular weight excluding hydrogens is 444 g/mol. The number of benzene rings is 2. The SMILES string of the molecule is O=C1NC(=S)SC1=Cc1ccc2ncn(-c3ccc(OCCN4CCOCC4)cc3)c2c1. The van der Waals surface area contributed by atoms with Gasteiger partial charge in [-0.15, -0.1) is 0 Å². The van der Waals surface area contributed by atoms with Gasteiger partial charge >= 0.3 is 0 Å². The summed E-state index contributed by atoms with van der Waals surface area (Å²) in [6.07, 6.45) is 3.66. The quantitative estimate of drug-likeness (QED) is 0.442. The molecule has 2 aromatic carbocycles. The monoisotopic (exact) mass is 466 g/mol. The number of aromatic nitrogens is 2. The van der Waals surface area contributed by atoms with Gasteiger partial charge in [0.25, 0.3) is 5.91 Å². The predicted octanol–water partition coefficient (Wildman–Crippen LogP) is 3.23. The van der Waals surface area contributed by atoms with Gasteiger partial charge in [-0.05, 0) is 48.0 Å². The molecule has 0 aliphatic carbocycles. The standard InChI is InChI=1S/C23H22N4O3S2/c28-22-21(32-23(31)25-22)14-16-1-6-19-20(13-16)27(15-24-19)17-2-4-18(5-3-17)30-12-9-26-7-10-29-11-8-26/h1-6,13-15H,7-12H2,(H,25,28,31). The van der Waals surface area contributed by atoms with Gasteiger partial charge in [-0.25, -0.2) is 4.98 Å². The van der Waals surface area contributed by atoms with Crippen molar-refractivity contribution in [3.63, 3.8) is 0 Å². The number of hydrogen-bond acceptors (Lipinski definition) is 7. The molecular formula is C23H22N4O3S2. The molecule has 9 heteroatoms. The zero-order valence-corrected chi connectivity index (χ0v) is 19.0. The number of imidazole rings is 1. The summed E-state index contributed by atoms with van der Waals surface area (Å²) in [5, 5.41) is 2.64. The maximum absolute atomic E-state index is 12.0. The first-order chi connectivity index (χ1) is 15.7. The minimum absolute atomic E-state index is 0.155. The van der Waals surface area contributed by atoms with E-state index in [0.29, 0.717) is 15.8 Å². The van der Waals surface area contributed by atoms with Crippen molar-refractivity contribution in [2.24, 2.45) is 0 Å². The second-order valence-corrected chi connectivity index (χ2v) is 9.23. The van der Waals surface area contributed by atoms with E-state index in [-0.39, 0.29) is 5.91 Å². The number of rotatable bonds is 6. The van der Waals surface area contributed by atoms with Crippen LogP contribution in [-0.2, 0) is 9.53 Å². The highest BCUT2D eigenvalue weighted by atomic mass is 32.2. The van der Waals surface area contributed by atoms with Crippen LogP contribution in [0.5, 0.6) is 5.75 Å². The van der Waals surface area contributed by atoms with E-state index < -0.39 is 0 Å². The van der Waals surface area contributed by atoms with Gasteiger partial charge in [-0.3, -0.25) is 14.3 Å². The molecule has 7 nitrogen and oxygen atoms in total. The highest BCUT2D eigenvalue weighted by molar-refractivity contribution is 8.26. The third-order valence-electron chi connectivity index (χ3n) is 5.41. The zero-order chi connectivity index (χ0) is 21.9. The fourth-order valence-electron chi connectivity index (χ4n) is 3.71. The Morgan fingerprint density at radius 1 is 1.19 bits per heavy atom. The Hall–Kier alpha value is -2.72. The first-order valence-corrected chi connectivity index (χ1v) is 11.6. The van der Waals surface area contributed by atoms with Crippen LogP contribution in [0.2, 0.25) is 0 Å². The van der Waals surface area contributed by atoms with Gasteiger partial charge in [0.15, 0.2) is 0 Å². The van der Waals surface area contributed by atoms with E-state index in [9.17, 15) is 4.79 Å². The summed E-state index contributed by atoms with van der Waals surface area (Å²) in [5.74, 6) is 0.690. The van der Waals surface area contributed by atoms with Gasteiger partial charge in [0.2, 0.25) is 0 Å². The largest absolute Gasteiger partial charge is 0.492 e. The van der Waals surface area contributed by atoms with Crippen molar-refractivity contribution >= 4 is 51.3 Å². The van der Waals surface area contributed by atoms with Crippen LogP contribution in [-0.4, -0.2) is 64.1 Å². The van der Waals surface area contributed by atoms with E-state index >= 15 is 0 Å². The summed E-state index contributed by atoms with van der Waals surface area (Å²) >= 11 is 6.35. The molecule has 0 saturated carbocycles. The third-order valence-corrected chi connectivity index (χ3v) is 6.57. The Labute approximate surface area is 195 Å². The number of carbonyl (C=O) groups excluding carboxylic acids is 1. The average molecular weight is 467 g/mol. The lowest BCUT2D eigenvalue weighted by Crippen LogP contribution is -2.38. The van der Waals surface area contributed by atoms with Crippen molar-refractivity contribution in [3.05, 3.63) is 59.3 Å². The first kappa shape index (κ1) is 21.1. The second-order valence-electron chi connectivity index (χ2n) is 7.51. The maximum Gasteiger partial charge on any atom is 0.263 e. The molecule has 32 heavy (non-hydrogen) atoms. The van der Waals surface area contributed by atoms with Crippen molar-refractivity contribution in [3.8, 4) is 11.4 Å². The Morgan fingerprint density at radius 2 is 2.00 bits per heavy atom. The average Bonchev–Trinajstić information content (AvgIpc) is 3.37. The Morgan fingerprint density at radius 3 is 2.75 bits per heavy atom. The summed E-state index contributed by atoms with van der Waals surface area (Å²) in [6, 6.07) is 13.9. The summed E-state index contributed by atoms with van der Waals surface area (Å²) in [5.41, 5.74) is 3.76. The summed E-state index contributed by atoms with van der Waals surface area (Å²) in [6.45, 7) is 5.07. The molecule has 0 bridgehead atoms. The van der Waals surface area contributed by atoms with Crippen LogP contribution < -0.4 is 10.1 Å². The second kappa shape index (κ2) is 9.41.